The van der Waals surface area contributed by atoms with E-state index in [0.717, 1.165) is 43.5 Å². The van der Waals surface area contributed by atoms with E-state index in [1.807, 2.05) is 24.3 Å². The Morgan fingerprint density at radius 1 is 0.400 bits per heavy atom. The first-order chi connectivity index (χ1) is 22.0. The van der Waals surface area contributed by atoms with E-state index >= 15 is 0 Å². The molecule has 0 heterocycles. The quantitative estimate of drug-likeness (QED) is 0.0828. The van der Waals surface area contributed by atoms with Crippen LogP contribution in [0.15, 0.2) is 97.1 Å². The maximum Gasteiger partial charge on any atom is 0.0314 e. The Hall–Kier alpha value is -3.52. The molecule has 0 radical (unpaired) electrons. The van der Waals surface area contributed by atoms with Crippen LogP contribution in [-0.2, 0) is 6.42 Å². The third-order valence-electron chi connectivity index (χ3n) is 9.66. The zero-order chi connectivity index (χ0) is 31.9. The number of benzene rings is 4. The van der Waals surface area contributed by atoms with Crippen molar-refractivity contribution in [3.8, 4) is 0 Å². The van der Waals surface area contributed by atoms with Crippen molar-refractivity contribution < 1.29 is 0 Å². The maximum atomic E-state index is 6.00. The number of nitrogen functional groups attached to an aromatic ring is 2. The summed E-state index contributed by atoms with van der Waals surface area (Å²) in [5.41, 5.74) is 22.1. The fourth-order valence-electron chi connectivity index (χ4n) is 6.99. The van der Waals surface area contributed by atoms with Crippen molar-refractivity contribution in [1.82, 2.24) is 0 Å². The molecule has 3 unspecified atom stereocenters. The minimum atomic E-state index is 0.413. The molecule has 0 amide bonds. The van der Waals surface area contributed by atoms with Gasteiger partial charge in [0.05, 0.1) is 0 Å². The van der Waals surface area contributed by atoms with Crippen molar-refractivity contribution in [2.45, 2.75) is 122 Å². The number of unbranched alkanes of at least 4 members (excludes halogenated alkanes) is 6. The maximum absolute atomic E-state index is 6.00. The Kier molecular flexibility index (Phi) is 14.1. The highest BCUT2D eigenvalue weighted by atomic mass is 14.5. The molecule has 0 spiro atoms. The third kappa shape index (κ3) is 10.5. The molecule has 4 aromatic rings. The Morgan fingerprint density at radius 3 is 1.22 bits per heavy atom. The molecule has 4 N–H and O–H groups in total. The number of anilines is 2. The minimum absolute atomic E-state index is 0.413. The van der Waals surface area contributed by atoms with Gasteiger partial charge in [-0.15, -0.1) is 0 Å². The van der Waals surface area contributed by atoms with Crippen LogP contribution in [0, 0.1) is 0 Å². The summed E-state index contributed by atoms with van der Waals surface area (Å²) < 4.78 is 0. The van der Waals surface area contributed by atoms with E-state index in [0.29, 0.717) is 17.8 Å². The van der Waals surface area contributed by atoms with Gasteiger partial charge in [0.25, 0.3) is 0 Å². The van der Waals surface area contributed by atoms with E-state index in [4.69, 9.17) is 11.5 Å². The second-order valence-electron chi connectivity index (χ2n) is 13.2. The monoisotopic (exact) mass is 602 g/mol. The van der Waals surface area contributed by atoms with Gasteiger partial charge >= 0.3 is 0 Å². The fourth-order valence-corrected chi connectivity index (χ4v) is 6.99. The summed E-state index contributed by atoms with van der Waals surface area (Å²) in [5, 5.41) is 0. The normalized spacial score (nSPS) is 13.4. The summed E-state index contributed by atoms with van der Waals surface area (Å²) in [4.78, 5) is 0. The molecule has 0 aliphatic rings. The van der Waals surface area contributed by atoms with Gasteiger partial charge in [-0.25, -0.2) is 0 Å². The molecule has 0 fully saturated rings. The Balaban J connectivity index is 1.50. The van der Waals surface area contributed by atoms with Gasteiger partial charge in [0, 0.05) is 23.2 Å². The highest BCUT2D eigenvalue weighted by Crippen LogP contribution is 2.34. The molecule has 0 saturated carbocycles. The fraction of sp³-hybridized carbons (Fsp3) is 0.442. The Labute approximate surface area is 274 Å². The predicted octanol–water partition coefficient (Wildman–Crippen LogP) is 12.2. The van der Waals surface area contributed by atoms with Gasteiger partial charge in [-0.05, 0) is 89.2 Å². The molecule has 0 saturated heterocycles. The van der Waals surface area contributed by atoms with Crippen LogP contribution in [0.2, 0.25) is 0 Å². The van der Waals surface area contributed by atoms with Crippen molar-refractivity contribution in [1.29, 1.82) is 0 Å². The lowest BCUT2D eigenvalue weighted by atomic mass is 9.83. The average Bonchev–Trinajstić information content (AvgIpc) is 3.07. The predicted molar refractivity (Wildman–Crippen MR) is 197 cm³/mol. The molecule has 4 rings (SSSR count). The standard InChI is InChI=1S/C43H58N2/c1-4-7-8-9-10-11-12-15-39(34-20-22-36(23-21-34)43(14-6-3)38-26-30-41(45)31-27-38)32-33-16-18-35(19-17-33)42(13-5-2)37-24-28-40(44)29-25-37/h16-31,39,42-43H,4-15,32,44-45H2,1-3H3. The summed E-state index contributed by atoms with van der Waals surface area (Å²) in [6, 6.07) is 36.1. The topological polar surface area (TPSA) is 52.0 Å². The van der Waals surface area contributed by atoms with Crippen LogP contribution in [0.3, 0.4) is 0 Å². The summed E-state index contributed by atoms with van der Waals surface area (Å²) >= 11 is 0. The van der Waals surface area contributed by atoms with Crippen LogP contribution in [0.25, 0.3) is 0 Å². The van der Waals surface area contributed by atoms with Gasteiger partial charge in [0.2, 0.25) is 0 Å². The first kappa shape index (κ1) is 34.4. The van der Waals surface area contributed by atoms with Crippen LogP contribution in [0.5, 0.6) is 0 Å². The van der Waals surface area contributed by atoms with Gasteiger partial charge in [0.15, 0.2) is 0 Å². The lowest BCUT2D eigenvalue weighted by Gasteiger charge is -2.22. The van der Waals surface area contributed by atoms with Crippen molar-refractivity contribution >= 4 is 11.4 Å². The molecule has 4 aromatic carbocycles. The minimum Gasteiger partial charge on any atom is -0.399 e. The highest BCUT2D eigenvalue weighted by Gasteiger charge is 2.18. The zero-order valence-corrected chi connectivity index (χ0v) is 28.3. The molecule has 3 atom stereocenters. The molecule has 240 valence electrons. The van der Waals surface area contributed by atoms with Gasteiger partial charge in [-0.2, -0.15) is 0 Å². The summed E-state index contributed by atoms with van der Waals surface area (Å²) in [6.07, 6.45) is 16.4. The van der Waals surface area contributed by atoms with E-state index in [2.05, 4.69) is 93.6 Å². The highest BCUT2D eigenvalue weighted by molar-refractivity contribution is 5.44. The van der Waals surface area contributed by atoms with Gasteiger partial charge in [-0.3, -0.25) is 0 Å². The lowest BCUT2D eigenvalue weighted by molar-refractivity contribution is 0.531. The molecular weight excluding hydrogens is 544 g/mol. The second kappa shape index (κ2) is 18.4. The van der Waals surface area contributed by atoms with E-state index in [1.165, 1.54) is 84.7 Å². The Morgan fingerprint density at radius 2 is 0.778 bits per heavy atom. The molecule has 45 heavy (non-hydrogen) atoms. The molecule has 0 aliphatic carbocycles. The summed E-state index contributed by atoms with van der Waals surface area (Å²) in [7, 11) is 0. The van der Waals surface area contributed by atoms with Crippen molar-refractivity contribution in [2.24, 2.45) is 0 Å². The zero-order valence-electron chi connectivity index (χ0n) is 28.3. The summed E-state index contributed by atoms with van der Waals surface area (Å²) in [5.74, 6) is 1.36. The van der Waals surface area contributed by atoms with E-state index in [1.54, 1.807) is 0 Å². The number of hydrogen-bond donors (Lipinski definition) is 2. The van der Waals surface area contributed by atoms with Crippen LogP contribution in [-0.4, -0.2) is 0 Å². The number of nitrogens with two attached hydrogens (primary N) is 2. The van der Waals surface area contributed by atoms with Crippen LogP contribution in [0.1, 0.15) is 149 Å². The number of hydrogen-bond acceptors (Lipinski definition) is 2. The molecule has 2 nitrogen and oxygen atoms in total. The number of rotatable bonds is 19. The van der Waals surface area contributed by atoms with E-state index in [-0.39, 0.29) is 0 Å². The van der Waals surface area contributed by atoms with Crippen molar-refractivity contribution in [2.75, 3.05) is 11.5 Å². The lowest BCUT2D eigenvalue weighted by Crippen LogP contribution is -2.06. The third-order valence-corrected chi connectivity index (χ3v) is 9.66. The Bertz CT molecular complexity index is 1350. The molecular formula is C43H58N2. The molecule has 0 aromatic heterocycles. The second-order valence-corrected chi connectivity index (χ2v) is 13.2. The van der Waals surface area contributed by atoms with Crippen LogP contribution >= 0.6 is 0 Å². The van der Waals surface area contributed by atoms with Gasteiger partial charge in [0.1, 0.15) is 0 Å². The molecule has 0 bridgehead atoms. The smallest absolute Gasteiger partial charge is 0.0314 e. The van der Waals surface area contributed by atoms with E-state index in [9.17, 15) is 0 Å². The van der Waals surface area contributed by atoms with Crippen molar-refractivity contribution in [3.63, 3.8) is 0 Å². The van der Waals surface area contributed by atoms with Gasteiger partial charge in [-0.1, -0.05) is 151 Å². The van der Waals surface area contributed by atoms with Crippen molar-refractivity contribution in [3.05, 3.63) is 130 Å². The van der Waals surface area contributed by atoms with E-state index < -0.39 is 0 Å². The van der Waals surface area contributed by atoms with Crippen LogP contribution in [0.4, 0.5) is 11.4 Å². The summed E-state index contributed by atoms with van der Waals surface area (Å²) in [6.45, 7) is 6.85. The van der Waals surface area contributed by atoms with Gasteiger partial charge < -0.3 is 11.5 Å². The first-order valence-electron chi connectivity index (χ1n) is 17.9. The first-order valence-corrected chi connectivity index (χ1v) is 17.9. The largest absolute Gasteiger partial charge is 0.399 e. The molecule has 2 heteroatoms. The SMILES string of the molecule is CCCCCCCCCC(Cc1ccc(C(CCC)c2ccc(N)cc2)cc1)c1ccc(C(CCC)c2ccc(N)cc2)cc1. The molecule has 0 aliphatic heterocycles. The average molecular weight is 603 g/mol. The van der Waals surface area contributed by atoms with Crippen LogP contribution < -0.4 is 11.5 Å².